The fourth-order valence-electron chi connectivity index (χ4n) is 1.18. The number of methoxy groups -OCH3 is 1. The van der Waals surface area contributed by atoms with Gasteiger partial charge in [0.2, 0.25) is 10.0 Å². The largest absolute Gasteiger partial charge is 0.385 e. The van der Waals surface area contributed by atoms with Gasteiger partial charge in [-0.15, -0.1) is 0 Å². The molecule has 1 N–H and O–H groups in total. The number of hydrogen-bond donors (Lipinski definition) is 1. The average Bonchev–Trinajstić information content (AvgIpc) is 2.28. The van der Waals surface area contributed by atoms with E-state index in [0.29, 0.717) is 19.1 Å². The molecule has 0 aliphatic heterocycles. The van der Waals surface area contributed by atoms with Crippen molar-refractivity contribution in [1.29, 1.82) is 0 Å². The molecule has 1 aromatic rings. The predicted molar refractivity (Wildman–Crippen MR) is 58.0 cm³/mol. The maximum absolute atomic E-state index is 13.2. The number of sulfonamides is 1. The summed E-state index contributed by atoms with van der Waals surface area (Å²) in [6.45, 7) is 0.486. The van der Waals surface area contributed by atoms with Gasteiger partial charge in [0, 0.05) is 20.3 Å². The van der Waals surface area contributed by atoms with Crippen LogP contribution in [0, 0.1) is 11.6 Å². The number of halogens is 2. The molecular formula is C10H13F2NO3S. The Morgan fingerprint density at radius 1 is 1.35 bits per heavy atom. The van der Waals surface area contributed by atoms with Crippen LogP contribution in [0.1, 0.15) is 6.42 Å². The van der Waals surface area contributed by atoms with Gasteiger partial charge in [0.15, 0.2) is 0 Å². The van der Waals surface area contributed by atoms with Crippen molar-refractivity contribution in [2.75, 3.05) is 20.3 Å². The SMILES string of the molecule is COCCCNS(=O)(=O)c1cc(F)ccc1F. The molecular weight excluding hydrogens is 252 g/mol. The van der Waals surface area contributed by atoms with Crippen molar-refractivity contribution in [2.45, 2.75) is 11.3 Å². The van der Waals surface area contributed by atoms with Crippen molar-refractivity contribution in [3.63, 3.8) is 0 Å². The second-order valence-electron chi connectivity index (χ2n) is 3.32. The lowest BCUT2D eigenvalue weighted by molar-refractivity contribution is 0.196. The number of rotatable bonds is 6. The van der Waals surface area contributed by atoms with E-state index < -0.39 is 26.6 Å². The van der Waals surface area contributed by atoms with Gasteiger partial charge in [-0.2, -0.15) is 0 Å². The molecule has 0 bridgehead atoms. The Bertz CT molecular complexity index is 476. The maximum atomic E-state index is 13.2. The van der Waals surface area contributed by atoms with Crippen molar-refractivity contribution in [2.24, 2.45) is 0 Å². The minimum Gasteiger partial charge on any atom is -0.385 e. The Morgan fingerprint density at radius 3 is 2.71 bits per heavy atom. The van der Waals surface area contributed by atoms with Gasteiger partial charge in [-0.25, -0.2) is 21.9 Å². The summed E-state index contributed by atoms with van der Waals surface area (Å²) in [5.74, 6) is -1.78. The highest BCUT2D eigenvalue weighted by molar-refractivity contribution is 7.89. The summed E-state index contributed by atoms with van der Waals surface area (Å²) in [5, 5.41) is 0. The first kappa shape index (κ1) is 14.0. The Hall–Kier alpha value is -1.05. The summed E-state index contributed by atoms with van der Waals surface area (Å²) in [6.07, 6.45) is 0.451. The highest BCUT2D eigenvalue weighted by Gasteiger charge is 2.19. The van der Waals surface area contributed by atoms with Crippen molar-refractivity contribution in [3.05, 3.63) is 29.8 Å². The molecule has 0 radical (unpaired) electrons. The Kier molecular flexibility index (Phi) is 4.98. The molecule has 0 heterocycles. The van der Waals surface area contributed by atoms with E-state index >= 15 is 0 Å². The zero-order chi connectivity index (χ0) is 12.9. The zero-order valence-electron chi connectivity index (χ0n) is 9.24. The standard InChI is InChI=1S/C10H13F2NO3S/c1-16-6-2-5-13-17(14,15)10-7-8(11)3-4-9(10)12/h3-4,7,13H,2,5-6H2,1H3. The summed E-state index contributed by atoms with van der Waals surface area (Å²) in [4.78, 5) is -0.685. The van der Waals surface area contributed by atoms with Crippen LogP contribution in [-0.4, -0.2) is 28.7 Å². The third kappa shape index (κ3) is 4.03. The molecule has 0 fully saturated rings. The van der Waals surface area contributed by atoms with Gasteiger partial charge in [0.1, 0.15) is 16.5 Å². The van der Waals surface area contributed by atoms with E-state index in [0.717, 1.165) is 12.1 Å². The number of ether oxygens (including phenoxy) is 1. The molecule has 0 spiro atoms. The molecule has 0 aliphatic carbocycles. The molecule has 0 unspecified atom stereocenters. The molecule has 4 nitrogen and oxygen atoms in total. The molecule has 0 saturated heterocycles. The number of nitrogens with one attached hydrogen (secondary N) is 1. The molecule has 0 atom stereocenters. The van der Waals surface area contributed by atoms with Crippen LogP contribution in [0.2, 0.25) is 0 Å². The highest BCUT2D eigenvalue weighted by atomic mass is 32.2. The predicted octanol–water partition coefficient (Wildman–Crippen LogP) is 1.28. The molecule has 0 amide bonds. The van der Waals surface area contributed by atoms with Crippen LogP contribution in [-0.2, 0) is 14.8 Å². The third-order valence-corrected chi connectivity index (χ3v) is 3.48. The number of benzene rings is 1. The van der Waals surface area contributed by atoms with Crippen LogP contribution in [0.3, 0.4) is 0 Å². The molecule has 1 aromatic carbocycles. The highest BCUT2D eigenvalue weighted by Crippen LogP contribution is 2.15. The van der Waals surface area contributed by atoms with Gasteiger partial charge in [-0.1, -0.05) is 0 Å². The first-order valence-electron chi connectivity index (χ1n) is 4.91. The van der Waals surface area contributed by atoms with Crippen molar-refractivity contribution < 1.29 is 21.9 Å². The van der Waals surface area contributed by atoms with E-state index in [1.165, 1.54) is 7.11 Å². The van der Waals surface area contributed by atoms with E-state index in [-0.39, 0.29) is 6.54 Å². The van der Waals surface area contributed by atoms with Gasteiger partial charge in [0.05, 0.1) is 0 Å². The molecule has 1 rings (SSSR count). The lowest BCUT2D eigenvalue weighted by Crippen LogP contribution is -2.26. The van der Waals surface area contributed by atoms with Gasteiger partial charge in [-0.3, -0.25) is 0 Å². The molecule has 17 heavy (non-hydrogen) atoms. The fraction of sp³-hybridized carbons (Fsp3) is 0.400. The summed E-state index contributed by atoms with van der Waals surface area (Å²) in [5.41, 5.74) is 0. The van der Waals surface area contributed by atoms with Crippen LogP contribution < -0.4 is 4.72 Å². The molecule has 96 valence electrons. The number of hydrogen-bond acceptors (Lipinski definition) is 3. The first-order chi connectivity index (χ1) is 7.97. The molecule has 0 saturated carbocycles. The Balaban J connectivity index is 2.79. The van der Waals surface area contributed by atoms with Crippen LogP contribution in [0.15, 0.2) is 23.1 Å². The Morgan fingerprint density at radius 2 is 2.06 bits per heavy atom. The second kappa shape index (κ2) is 6.04. The summed E-state index contributed by atoms with van der Waals surface area (Å²) in [7, 11) is -2.53. The van der Waals surface area contributed by atoms with Gasteiger partial charge in [0.25, 0.3) is 0 Å². The summed E-state index contributed by atoms with van der Waals surface area (Å²) < 4.78 is 56.2. The lowest BCUT2D eigenvalue weighted by atomic mass is 10.3. The zero-order valence-corrected chi connectivity index (χ0v) is 10.1. The molecule has 0 aliphatic rings. The van der Waals surface area contributed by atoms with E-state index in [1.54, 1.807) is 0 Å². The van der Waals surface area contributed by atoms with E-state index in [9.17, 15) is 17.2 Å². The van der Waals surface area contributed by atoms with Crippen LogP contribution in [0.25, 0.3) is 0 Å². The van der Waals surface area contributed by atoms with Crippen molar-refractivity contribution in [1.82, 2.24) is 4.72 Å². The van der Waals surface area contributed by atoms with Gasteiger partial charge in [-0.05, 0) is 24.6 Å². The quantitative estimate of drug-likeness (QED) is 0.788. The normalized spacial score (nSPS) is 11.7. The van der Waals surface area contributed by atoms with Crippen LogP contribution >= 0.6 is 0 Å². The first-order valence-corrected chi connectivity index (χ1v) is 6.39. The van der Waals surface area contributed by atoms with E-state index in [2.05, 4.69) is 4.72 Å². The summed E-state index contributed by atoms with van der Waals surface area (Å²) in [6, 6.07) is 2.28. The topological polar surface area (TPSA) is 55.4 Å². The van der Waals surface area contributed by atoms with Crippen molar-refractivity contribution in [3.8, 4) is 0 Å². The molecule has 7 heteroatoms. The van der Waals surface area contributed by atoms with Gasteiger partial charge >= 0.3 is 0 Å². The smallest absolute Gasteiger partial charge is 0.243 e. The maximum Gasteiger partial charge on any atom is 0.243 e. The lowest BCUT2D eigenvalue weighted by Gasteiger charge is -2.07. The minimum atomic E-state index is -4.01. The fourth-order valence-corrected chi connectivity index (χ4v) is 2.34. The third-order valence-electron chi connectivity index (χ3n) is 2.00. The Labute approximate surface area is 98.6 Å². The average molecular weight is 265 g/mol. The van der Waals surface area contributed by atoms with E-state index in [1.807, 2.05) is 0 Å². The van der Waals surface area contributed by atoms with Gasteiger partial charge < -0.3 is 4.74 Å². The van der Waals surface area contributed by atoms with E-state index in [4.69, 9.17) is 4.74 Å². The second-order valence-corrected chi connectivity index (χ2v) is 5.05. The minimum absolute atomic E-state index is 0.103. The van der Waals surface area contributed by atoms with Crippen LogP contribution in [0.5, 0.6) is 0 Å². The van der Waals surface area contributed by atoms with Crippen LogP contribution in [0.4, 0.5) is 8.78 Å². The van der Waals surface area contributed by atoms with Crippen molar-refractivity contribution >= 4 is 10.0 Å². The monoisotopic (exact) mass is 265 g/mol. The molecule has 0 aromatic heterocycles. The summed E-state index contributed by atoms with van der Waals surface area (Å²) >= 11 is 0.